The standard InChI is InChI=1S/C17H14BrNO/c1-12-10-13-6-2-5-9-16(13)19(12)11-17(20)14-7-3-4-8-15(14)18/h2-10H,11H2,1H3. The summed E-state index contributed by atoms with van der Waals surface area (Å²) >= 11 is 3.44. The number of nitrogens with zero attached hydrogens (tertiary/aromatic N) is 1. The summed E-state index contributed by atoms with van der Waals surface area (Å²) in [6.07, 6.45) is 0. The lowest BCUT2D eigenvalue weighted by molar-refractivity contribution is 0.0972. The molecule has 0 fully saturated rings. The number of aryl methyl sites for hydroxylation is 1. The first-order valence-corrected chi connectivity index (χ1v) is 7.29. The van der Waals surface area contributed by atoms with E-state index in [9.17, 15) is 4.79 Å². The fourth-order valence-electron chi connectivity index (χ4n) is 2.47. The van der Waals surface area contributed by atoms with E-state index in [1.165, 1.54) is 5.39 Å². The number of hydrogen-bond donors (Lipinski definition) is 0. The van der Waals surface area contributed by atoms with Gasteiger partial charge in [0.1, 0.15) is 0 Å². The molecule has 3 rings (SSSR count). The quantitative estimate of drug-likeness (QED) is 0.644. The van der Waals surface area contributed by atoms with E-state index < -0.39 is 0 Å². The number of ketones is 1. The maximum absolute atomic E-state index is 12.5. The number of benzene rings is 2. The highest BCUT2D eigenvalue weighted by Crippen LogP contribution is 2.22. The monoisotopic (exact) mass is 327 g/mol. The Bertz CT molecular complexity index is 789. The summed E-state index contributed by atoms with van der Waals surface area (Å²) in [7, 11) is 0. The molecule has 0 unspecified atom stereocenters. The molecule has 0 bridgehead atoms. The minimum atomic E-state index is 0.113. The van der Waals surface area contributed by atoms with Gasteiger partial charge >= 0.3 is 0 Å². The number of carbonyl (C=O) groups is 1. The van der Waals surface area contributed by atoms with E-state index in [-0.39, 0.29) is 5.78 Å². The van der Waals surface area contributed by atoms with Crippen molar-refractivity contribution in [2.24, 2.45) is 0 Å². The number of aromatic nitrogens is 1. The third-order valence-electron chi connectivity index (χ3n) is 3.49. The van der Waals surface area contributed by atoms with Crippen LogP contribution in [0.25, 0.3) is 10.9 Å². The molecule has 0 atom stereocenters. The molecule has 1 heterocycles. The predicted molar refractivity (Wildman–Crippen MR) is 85.1 cm³/mol. The van der Waals surface area contributed by atoms with Gasteiger partial charge in [0.05, 0.1) is 6.54 Å². The minimum absolute atomic E-state index is 0.113. The zero-order valence-electron chi connectivity index (χ0n) is 11.1. The summed E-state index contributed by atoms with van der Waals surface area (Å²) in [5.74, 6) is 0.113. The molecule has 1 aromatic heterocycles. The molecular formula is C17H14BrNO. The Balaban J connectivity index is 2.00. The zero-order valence-corrected chi connectivity index (χ0v) is 12.7. The molecule has 2 aromatic carbocycles. The van der Waals surface area contributed by atoms with E-state index >= 15 is 0 Å². The number of rotatable bonds is 3. The van der Waals surface area contributed by atoms with Crippen molar-refractivity contribution < 1.29 is 4.79 Å². The maximum Gasteiger partial charge on any atom is 0.183 e. The fraction of sp³-hybridized carbons (Fsp3) is 0.118. The van der Waals surface area contributed by atoms with Crippen LogP contribution in [0.4, 0.5) is 0 Å². The van der Waals surface area contributed by atoms with Crippen LogP contribution in [0.3, 0.4) is 0 Å². The average Bonchev–Trinajstić information content (AvgIpc) is 2.76. The Morgan fingerprint density at radius 3 is 2.60 bits per heavy atom. The van der Waals surface area contributed by atoms with Gasteiger partial charge in [-0.2, -0.15) is 0 Å². The highest BCUT2D eigenvalue weighted by Gasteiger charge is 2.13. The van der Waals surface area contributed by atoms with E-state index in [0.29, 0.717) is 6.54 Å². The van der Waals surface area contributed by atoms with Crippen LogP contribution in [-0.2, 0) is 6.54 Å². The Morgan fingerprint density at radius 1 is 1.10 bits per heavy atom. The van der Waals surface area contributed by atoms with Gasteiger partial charge in [-0.25, -0.2) is 0 Å². The van der Waals surface area contributed by atoms with Crippen LogP contribution in [0, 0.1) is 6.92 Å². The lowest BCUT2D eigenvalue weighted by atomic mass is 10.1. The first-order chi connectivity index (χ1) is 9.66. The van der Waals surface area contributed by atoms with Crippen molar-refractivity contribution in [1.29, 1.82) is 0 Å². The van der Waals surface area contributed by atoms with Gasteiger partial charge < -0.3 is 4.57 Å². The van der Waals surface area contributed by atoms with E-state index in [1.54, 1.807) is 0 Å². The summed E-state index contributed by atoms with van der Waals surface area (Å²) in [5, 5.41) is 1.17. The largest absolute Gasteiger partial charge is 0.337 e. The summed E-state index contributed by atoms with van der Waals surface area (Å²) in [6, 6.07) is 17.8. The molecule has 0 saturated heterocycles. The van der Waals surface area contributed by atoms with Crippen molar-refractivity contribution >= 4 is 32.6 Å². The second kappa shape index (κ2) is 5.25. The third-order valence-corrected chi connectivity index (χ3v) is 4.19. The molecule has 0 aliphatic rings. The van der Waals surface area contributed by atoms with Gasteiger partial charge in [0, 0.05) is 21.2 Å². The molecule has 3 heteroatoms. The van der Waals surface area contributed by atoms with Crippen LogP contribution in [0.15, 0.2) is 59.1 Å². The van der Waals surface area contributed by atoms with Crippen LogP contribution in [0.1, 0.15) is 16.1 Å². The minimum Gasteiger partial charge on any atom is -0.337 e. The number of hydrogen-bond acceptors (Lipinski definition) is 1. The normalized spacial score (nSPS) is 10.9. The third kappa shape index (κ3) is 2.29. The van der Waals surface area contributed by atoms with Crippen molar-refractivity contribution in [3.63, 3.8) is 0 Å². The SMILES string of the molecule is Cc1cc2ccccc2n1CC(=O)c1ccccc1Br. The maximum atomic E-state index is 12.5. The number of Topliss-reactive ketones (excluding diaryl/α,β-unsaturated/α-hetero) is 1. The van der Waals surface area contributed by atoms with E-state index in [1.807, 2.05) is 43.3 Å². The second-order valence-corrected chi connectivity index (χ2v) is 5.69. The molecule has 3 aromatic rings. The first-order valence-electron chi connectivity index (χ1n) is 6.49. The molecule has 100 valence electrons. The lowest BCUT2D eigenvalue weighted by Gasteiger charge is -2.08. The number of para-hydroxylation sites is 1. The number of carbonyl (C=O) groups excluding carboxylic acids is 1. The molecule has 20 heavy (non-hydrogen) atoms. The smallest absolute Gasteiger partial charge is 0.183 e. The Hall–Kier alpha value is -1.87. The van der Waals surface area contributed by atoms with Crippen molar-refractivity contribution in [3.05, 3.63) is 70.3 Å². The van der Waals surface area contributed by atoms with Crippen LogP contribution in [0.5, 0.6) is 0 Å². The molecule has 0 amide bonds. The fourth-order valence-corrected chi connectivity index (χ4v) is 2.98. The lowest BCUT2D eigenvalue weighted by Crippen LogP contribution is -2.11. The van der Waals surface area contributed by atoms with Crippen molar-refractivity contribution in [1.82, 2.24) is 4.57 Å². The summed E-state index contributed by atoms with van der Waals surface area (Å²) < 4.78 is 2.91. The highest BCUT2D eigenvalue weighted by atomic mass is 79.9. The van der Waals surface area contributed by atoms with Gasteiger partial charge in [0.25, 0.3) is 0 Å². The first kappa shape index (κ1) is 13.1. The van der Waals surface area contributed by atoms with Gasteiger partial charge in [0.15, 0.2) is 5.78 Å². The Kier molecular flexibility index (Phi) is 3.45. The molecule has 0 aliphatic carbocycles. The van der Waals surface area contributed by atoms with Crippen molar-refractivity contribution in [2.75, 3.05) is 0 Å². The van der Waals surface area contributed by atoms with E-state index in [2.05, 4.69) is 38.7 Å². The van der Waals surface area contributed by atoms with Crippen molar-refractivity contribution in [2.45, 2.75) is 13.5 Å². The Labute approximate surface area is 126 Å². The number of halogens is 1. The molecule has 0 radical (unpaired) electrons. The molecule has 0 saturated carbocycles. The van der Waals surface area contributed by atoms with Gasteiger partial charge in [0.2, 0.25) is 0 Å². The summed E-state index contributed by atoms with van der Waals surface area (Å²) in [5.41, 5.74) is 2.93. The molecule has 2 nitrogen and oxygen atoms in total. The molecule has 0 N–H and O–H groups in total. The molecule has 0 spiro atoms. The highest BCUT2D eigenvalue weighted by molar-refractivity contribution is 9.10. The van der Waals surface area contributed by atoms with Gasteiger partial charge in [-0.05, 0) is 30.5 Å². The average molecular weight is 328 g/mol. The van der Waals surface area contributed by atoms with Crippen LogP contribution in [0.2, 0.25) is 0 Å². The van der Waals surface area contributed by atoms with Crippen LogP contribution in [-0.4, -0.2) is 10.4 Å². The summed E-state index contributed by atoms with van der Waals surface area (Å²) in [6.45, 7) is 2.40. The predicted octanol–water partition coefficient (Wildman–Crippen LogP) is 4.60. The van der Waals surface area contributed by atoms with E-state index in [0.717, 1.165) is 21.2 Å². The van der Waals surface area contributed by atoms with Crippen LogP contribution < -0.4 is 0 Å². The van der Waals surface area contributed by atoms with Gasteiger partial charge in [-0.3, -0.25) is 4.79 Å². The molecule has 0 aliphatic heterocycles. The van der Waals surface area contributed by atoms with Crippen molar-refractivity contribution in [3.8, 4) is 0 Å². The Morgan fingerprint density at radius 2 is 1.80 bits per heavy atom. The zero-order chi connectivity index (χ0) is 14.1. The summed E-state index contributed by atoms with van der Waals surface area (Å²) in [4.78, 5) is 12.5. The van der Waals surface area contributed by atoms with Gasteiger partial charge in [-0.15, -0.1) is 0 Å². The van der Waals surface area contributed by atoms with Crippen LogP contribution >= 0.6 is 15.9 Å². The molecular weight excluding hydrogens is 314 g/mol. The second-order valence-electron chi connectivity index (χ2n) is 4.83. The topological polar surface area (TPSA) is 22.0 Å². The van der Waals surface area contributed by atoms with Gasteiger partial charge in [-0.1, -0.05) is 52.3 Å². The number of fused-ring (bicyclic) bond motifs is 1. The van der Waals surface area contributed by atoms with E-state index in [4.69, 9.17) is 0 Å².